The first-order valence-corrected chi connectivity index (χ1v) is 9.32. The maximum absolute atomic E-state index is 12.6. The third-order valence-electron chi connectivity index (χ3n) is 4.49. The Morgan fingerprint density at radius 3 is 2.25 bits per heavy atom. The third kappa shape index (κ3) is 4.74. The predicted molar refractivity (Wildman–Crippen MR) is 114 cm³/mol. The van der Waals surface area contributed by atoms with E-state index in [4.69, 9.17) is 0 Å². The van der Waals surface area contributed by atoms with Crippen molar-refractivity contribution in [2.75, 3.05) is 10.6 Å². The lowest BCUT2D eigenvalue weighted by Crippen LogP contribution is -2.16. The minimum Gasteiger partial charge on any atom is -0.324 e. The highest BCUT2D eigenvalue weighted by Gasteiger charge is 2.14. The van der Waals surface area contributed by atoms with Crippen molar-refractivity contribution in [3.05, 3.63) is 77.1 Å². The standard InChI is InChI=1S/C23H26N4O/c1-15-8-6-7-9-19(15)26-21(28)20-14-16(2)24-22(27-20)25-18-12-10-17(11-13-18)23(3,4)5/h6-14H,1-5H3,(H,26,28)(H,24,25,27). The van der Waals surface area contributed by atoms with Crippen LogP contribution in [0.5, 0.6) is 0 Å². The molecule has 28 heavy (non-hydrogen) atoms. The lowest BCUT2D eigenvalue weighted by molar-refractivity contribution is 0.102. The summed E-state index contributed by atoms with van der Waals surface area (Å²) in [4.78, 5) is 21.4. The van der Waals surface area contributed by atoms with Crippen molar-refractivity contribution in [3.8, 4) is 0 Å². The van der Waals surface area contributed by atoms with Gasteiger partial charge < -0.3 is 10.6 Å². The molecule has 0 aliphatic rings. The number of aromatic nitrogens is 2. The lowest BCUT2D eigenvalue weighted by atomic mass is 9.87. The molecule has 1 amide bonds. The summed E-state index contributed by atoms with van der Waals surface area (Å²) < 4.78 is 0. The molecule has 0 spiro atoms. The smallest absolute Gasteiger partial charge is 0.274 e. The van der Waals surface area contributed by atoms with Gasteiger partial charge in [-0.05, 0) is 54.7 Å². The highest BCUT2D eigenvalue weighted by molar-refractivity contribution is 6.03. The number of amides is 1. The van der Waals surface area contributed by atoms with Crippen molar-refractivity contribution >= 4 is 23.2 Å². The number of carbonyl (C=O) groups is 1. The molecule has 3 rings (SSSR count). The van der Waals surface area contributed by atoms with Gasteiger partial charge in [0.15, 0.2) is 0 Å². The number of nitrogens with zero attached hydrogens (tertiary/aromatic N) is 2. The predicted octanol–water partition coefficient (Wildman–Crippen LogP) is 5.39. The number of aryl methyl sites for hydroxylation is 2. The molecule has 5 heteroatoms. The summed E-state index contributed by atoms with van der Waals surface area (Å²) in [6, 6.07) is 17.5. The molecular weight excluding hydrogens is 348 g/mol. The van der Waals surface area contributed by atoms with E-state index in [-0.39, 0.29) is 11.3 Å². The Kier molecular flexibility index (Phi) is 5.45. The van der Waals surface area contributed by atoms with E-state index in [0.717, 1.165) is 22.6 Å². The van der Waals surface area contributed by atoms with Crippen LogP contribution in [0.1, 0.15) is 48.1 Å². The van der Waals surface area contributed by atoms with Crippen LogP contribution in [0.2, 0.25) is 0 Å². The summed E-state index contributed by atoms with van der Waals surface area (Å²) in [6.45, 7) is 10.3. The normalized spacial score (nSPS) is 11.2. The van der Waals surface area contributed by atoms with Gasteiger partial charge in [0.25, 0.3) is 5.91 Å². The number of benzene rings is 2. The highest BCUT2D eigenvalue weighted by atomic mass is 16.1. The Bertz CT molecular complexity index is 988. The van der Waals surface area contributed by atoms with E-state index in [2.05, 4.69) is 53.5 Å². The van der Waals surface area contributed by atoms with Crippen LogP contribution in [0.15, 0.2) is 54.6 Å². The van der Waals surface area contributed by atoms with Gasteiger partial charge in [-0.2, -0.15) is 0 Å². The largest absolute Gasteiger partial charge is 0.324 e. The van der Waals surface area contributed by atoms with Crippen LogP contribution in [-0.2, 0) is 5.41 Å². The molecule has 1 heterocycles. The summed E-state index contributed by atoms with van der Waals surface area (Å²) >= 11 is 0. The van der Waals surface area contributed by atoms with E-state index < -0.39 is 0 Å². The maximum atomic E-state index is 12.6. The summed E-state index contributed by atoms with van der Waals surface area (Å²) in [7, 11) is 0. The molecule has 2 N–H and O–H groups in total. The molecule has 1 aromatic heterocycles. The van der Waals surface area contributed by atoms with Crippen molar-refractivity contribution < 1.29 is 4.79 Å². The van der Waals surface area contributed by atoms with Gasteiger partial charge in [-0.25, -0.2) is 9.97 Å². The molecule has 0 atom stereocenters. The van der Waals surface area contributed by atoms with E-state index in [0.29, 0.717) is 11.6 Å². The summed E-state index contributed by atoms with van der Waals surface area (Å²) in [5.74, 6) is 0.143. The molecular formula is C23H26N4O. The van der Waals surface area contributed by atoms with Crippen molar-refractivity contribution in [2.24, 2.45) is 0 Å². The first-order valence-electron chi connectivity index (χ1n) is 9.32. The minimum absolute atomic E-state index is 0.0964. The quantitative estimate of drug-likeness (QED) is 0.643. The minimum atomic E-state index is -0.258. The van der Waals surface area contributed by atoms with Gasteiger partial charge in [0.2, 0.25) is 5.95 Å². The monoisotopic (exact) mass is 374 g/mol. The zero-order chi connectivity index (χ0) is 20.3. The molecule has 5 nitrogen and oxygen atoms in total. The first kappa shape index (κ1) is 19.5. The molecule has 0 unspecified atom stereocenters. The Balaban J connectivity index is 1.79. The number of hydrogen-bond acceptors (Lipinski definition) is 4. The van der Waals surface area contributed by atoms with Gasteiger partial charge in [0.05, 0.1) is 0 Å². The van der Waals surface area contributed by atoms with Crippen LogP contribution in [0.4, 0.5) is 17.3 Å². The van der Waals surface area contributed by atoms with Gasteiger partial charge in [0.1, 0.15) is 5.69 Å². The van der Waals surface area contributed by atoms with Gasteiger partial charge in [-0.1, -0.05) is 51.1 Å². The Morgan fingerprint density at radius 2 is 1.61 bits per heavy atom. The molecule has 0 aliphatic heterocycles. The van der Waals surface area contributed by atoms with Crippen LogP contribution in [0, 0.1) is 13.8 Å². The van der Waals surface area contributed by atoms with E-state index >= 15 is 0 Å². The molecule has 144 valence electrons. The topological polar surface area (TPSA) is 66.9 Å². The molecule has 0 saturated carbocycles. The van der Waals surface area contributed by atoms with Crippen LogP contribution in [0.3, 0.4) is 0 Å². The molecule has 0 saturated heterocycles. The van der Waals surface area contributed by atoms with Gasteiger partial charge >= 0.3 is 0 Å². The summed E-state index contributed by atoms with van der Waals surface area (Å²) in [6.07, 6.45) is 0. The van der Waals surface area contributed by atoms with Crippen molar-refractivity contribution in [1.82, 2.24) is 9.97 Å². The van der Waals surface area contributed by atoms with E-state index in [1.165, 1.54) is 5.56 Å². The summed E-state index contributed by atoms with van der Waals surface area (Å²) in [5, 5.41) is 6.10. The average molecular weight is 374 g/mol. The maximum Gasteiger partial charge on any atom is 0.274 e. The van der Waals surface area contributed by atoms with Gasteiger partial charge in [-0.15, -0.1) is 0 Å². The molecule has 0 aliphatic carbocycles. The van der Waals surface area contributed by atoms with Crippen LogP contribution < -0.4 is 10.6 Å². The van der Waals surface area contributed by atoms with Gasteiger partial charge in [-0.3, -0.25) is 4.79 Å². The Labute approximate surface area is 166 Å². The first-order chi connectivity index (χ1) is 13.2. The number of hydrogen-bond donors (Lipinski definition) is 2. The lowest BCUT2D eigenvalue weighted by Gasteiger charge is -2.19. The fourth-order valence-corrected chi connectivity index (χ4v) is 2.82. The number of anilines is 3. The number of para-hydroxylation sites is 1. The number of carbonyl (C=O) groups excluding carboxylic acids is 1. The molecule has 0 fully saturated rings. The van der Waals surface area contributed by atoms with Crippen molar-refractivity contribution in [2.45, 2.75) is 40.0 Å². The van der Waals surface area contributed by atoms with E-state index in [1.807, 2.05) is 50.2 Å². The van der Waals surface area contributed by atoms with E-state index in [9.17, 15) is 4.79 Å². The second kappa shape index (κ2) is 7.80. The summed E-state index contributed by atoms with van der Waals surface area (Å²) in [5.41, 5.74) is 5.04. The second-order valence-corrected chi connectivity index (χ2v) is 7.94. The SMILES string of the molecule is Cc1cc(C(=O)Nc2ccccc2C)nc(Nc2ccc(C(C)(C)C)cc2)n1. The Hall–Kier alpha value is -3.21. The fraction of sp³-hybridized carbons (Fsp3) is 0.261. The fourth-order valence-electron chi connectivity index (χ4n) is 2.82. The van der Waals surface area contributed by atoms with Crippen molar-refractivity contribution in [3.63, 3.8) is 0 Å². The van der Waals surface area contributed by atoms with Crippen LogP contribution in [-0.4, -0.2) is 15.9 Å². The second-order valence-electron chi connectivity index (χ2n) is 7.94. The van der Waals surface area contributed by atoms with E-state index in [1.54, 1.807) is 6.07 Å². The zero-order valence-electron chi connectivity index (χ0n) is 17.0. The Morgan fingerprint density at radius 1 is 0.929 bits per heavy atom. The molecule has 2 aromatic carbocycles. The number of nitrogens with one attached hydrogen (secondary N) is 2. The highest BCUT2D eigenvalue weighted by Crippen LogP contribution is 2.24. The van der Waals surface area contributed by atoms with Gasteiger partial charge in [0, 0.05) is 17.1 Å². The molecule has 0 bridgehead atoms. The van der Waals surface area contributed by atoms with Crippen LogP contribution >= 0.6 is 0 Å². The third-order valence-corrected chi connectivity index (χ3v) is 4.49. The van der Waals surface area contributed by atoms with Crippen LogP contribution in [0.25, 0.3) is 0 Å². The molecule has 0 radical (unpaired) electrons. The van der Waals surface area contributed by atoms with Crippen molar-refractivity contribution in [1.29, 1.82) is 0 Å². The average Bonchev–Trinajstić information content (AvgIpc) is 2.63. The zero-order valence-corrected chi connectivity index (χ0v) is 17.0. The number of rotatable bonds is 4. The molecule has 3 aromatic rings.